The number of rotatable bonds is 5. The largest absolute Gasteiger partial charge is 0.497 e. The first kappa shape index (κ1) is 11.8. The molecule has 0 amide bonds. The normalized spacial score (nSPS) is 9.80. The van der Waals surface area contributed by atoms with Gasteiger partial charge in [-0.15, -0.1) is 0 Å². The van der Waals surface area contributed by atoms with E-state index in [1.807, 2.05) is 12.1 Å². The van der Waals surface area contributed by atoms with Crippen LogP contribution in [0.25, 0.3) is 0 Å². The standard InChI is InChI=1S/C13H19NO/c1-11(2)8-9-14-10-12-4-6-13(15-3)7-5-12/h4-8,14H,9-10H2,1-3H3. The van der Waals surface area contributed by atoms with Crippen molar-refractivity contribution in [2.45, 2.75) is 20.4 Å². The van der Waals surface area contributed by atoms with E-state index < -0.39 is 0 Å². The van der Waals surface area contributed by atoms with Crippen LogP contribution >= 0.6 is 0 Å². The summed E-state index contributed by atoms with van der Waals surface area (Å²) in [7, 11) is 1.68. The van der Waals surface area contributed by atoms with Gasteiger partial charge in [0.05, 0.1) is 7.11 Å². The minimum atomic E-state index is 0.897. The van der Waals surface area contributed by atoms with Gasteiger partial charge in [-0.05, 0) is 31.5 Å². The Balaban J connectivity index is 2.35. The van der Waals surface area contributed by atoms with Crippen LogP contribution in [0, 0.1) is 0 Å². The number of hydrogen-bond donors (Lipinski definition) is 1. The molecular weight excluding hydrogens is 186 g/mol. The molecule has 0 heterocycles. The van der Waals surface area contributed by atoms with E-state index in [0.29, 0.717) is 0 Å². The number of ether oxygens (including phenoxy) is 1. The van der Waals surface area contributed by atoms with Crippen LogP contribution < -0.4 is 10.1 Å². The first-order chi connectivity index (χ1) is 7.22. The lowest BCUT2D eigenvalue weighted by Gasteiger charge is -2.04. The lowest BCUT2D eigenvalue weighted by Crippen LogP contribution is -2.12. The molecule has 0 fully saturated rings. The molecule has 0 saturated carbocycles. The quantitative estimate of drug-likeness (QED) is 0.589. The van der Waals surface area contributed by atoms with Crippen LogP contribution in [-0.2, 0) is 6.54 Å². The summed E-state index contributed by atoms with van der Waals surface area (Å²) in [4.78, 5) is 0. The molecule has 2 heteroatoms. The van der Waals surface area contributed by atoms with Gasteiger partial charge in [-0.25, -0.2) is 0 Å². The topological polar surface area (TPSA) is 21.3 Å². The zero-order valence-electron chi connectivity index (χ0n) is 9.71. The molecule has 2 nitrogen and oxygen atoms in total. The highest BCUT2D eigenvalue weighted by atomic mass is 16.5. The second-order valence-corrected chi connectivity index (χ2v) is 3.76. The molecule has 0 saturated heterocycles. The van der Waals surface area contributed by atoms with Crippen LogP contribution in [0.15, 0.2) is 35.9 Å². The van der Waals surface area contributed by atoms with Crippen molar-refractivity contribution in [3.63, 3.8) is 0 Å². The SMILES string of the molecule is COc1ccc(CNCC=C(C)C)cc1. The monoisotopic (exact) mass is 205 g/mol. The molecule has 0 aliphatic carbocycles. The summed E-state index contributed by atoms with van der Waals surface area (Å²) in [5.41, 5.74) is 2.62. The van der Waals surface area contributed by atoms with Crippen LogP contribution in [-0.4, -0.2) is 13.7 Å². The van der Waals surface area contributed by atoms with Gasteiger partial charge in [-0.2, -0.15) is 0 Å². The van der Waals surface area contributed by atoms with Crippen molar-refractivity contribution < 1.29 is 4.74 Å². The van der Waals surface area contributed by atoms with Crippen molar-refractivity contribution in [3.8, 4) is 5.75 Å². The second-order valence-electron chi connectivity index (χ2n) is 3.76. The number of nitrogens with one attached hydrogen (secondary N) is 1. The Kier molecular flexibility index (Phi) is 4.91. The van der Waals surface area contributed by atoms with Crippen molar-refractivity contribution in [1.29, 1.82) is 0 Å². The molecule has 1 N–H and O–H groups in total. The number of hydrogen-bond acceptors (Lipinski definition) is 2. The third kappa shape index (κ3) is 4.66. The summed E-state index contributed by atoms with van der Waals surface area (Å²) in [6.07, 6.45) is 2.18. The number of benzene rings is 1. The fraction of sp³-hybridized carbons (Fsp3) is 0.385. The van der Waals surface area contributed by atoms with Gasteiger partial charge < -0.3 is 10.1 Å². The highest BCUT2D eigenvalue weighted by Crippen LogP contribution is 2.10. The second kappa shape index (κ2) is 6.25. The van der Waals surface area contributed by atoms with E-state index >= 15 is 0 Å². The molecule has 0 atom stereocenters. The van der Waals surface area contributed by atoms with Crippen molar-refractivity contribution in [1.82, 2.24) is 5.32 Å². The Morgan fingerprint density at radius 1 is 1.27 bits per heavy atom. The molecule has 1 aromatic rings. The minimum absolute atomic E-state index is 0.897. The summed E-state index contributed by atoms with van der Waals surface area (Å²) in [6.45, 7) is 6.03. The van der Waals surface area contributed by atoms with Crippen molar-refractivity contribution in [2.24, 2.45) is 0 Å². The molecule has 1 rings (SSSR count). The Bertz CT molecular complexity index is 310. The van der Waals surface area contributed by atoms with Gasteiger partial charge in [0.2, 0.25) is 0 Å². The van der Waals surface area contributed by atoms with Gasteiger partial charge in [0, 0.05) is 13.1 Å². The smallest absolute Gasteiger partial charge is 0.118 e. The lowest BCUT2D eigenvalue weighted by molar-refractivity contribution is 0.414. The van der Waals surface area contributed by atoms with Crippen LogP contribution in [0.4, 0.5) is 0 Å². The van der Waals surface area contributed by atoms with Crippen LogP contribution in [0.3, 0.4) is 0 Å². The molecular formula is C13H19NO. The Hall–Kier alpha value is -1.28. The average Bonchev–Trinajstić information content (AvgIpc) is 2.25. The minimum Gasteiger partial charge on any atom is -0.497 e. The van der Waals surface area contributed by atoms with E-state index in [1.54, 1.807) is 7.11 Å². The molecule has 0 bridgehead atoms. The molecule has 1 aromatic carbocycles. The first-order valence-corrected chi connectivity index (χ1v) is 5.19. The van der Waals surface area contributed by atoms with E-state index in [1.165, 1.54) is 11.1 Å². The Morgan fingerprint density at radius 3 is 2.47 bits per heavy atom. The molecule has 82 valence electrons. The third-order valence-corrected chi connectivity index (χ3v) is 2.14. The third-order valence-electron chi connectivity index (χ3n) is 2.14. The summed E-state index contributed by atoms with van der Waals surface area (Å²) in [6, 6.07) is 8.12. The zero-order chi connectivity index (χ0) is 11.1. The maximum Gasteiger partial charge on any atom is 0.118 e. The maximum absolute atomic E-state index is 5.10. The van der Waals surface area contributed by atoms with Crippen LogP contribution in [0.5, 0.6) is 5.75 Å². The summed E-state index contributed by atoms with van der Waals surface area (Å²) in [5.74, 6) is 0.906. The van der Waals surface area contributed by atoms with Gasteiger partial charge in [0.25, 0.3) is 0 Å². The molecule has 0 radical (unpaired) electrons. The van der Waals surface area contributed by atoms with Gasteiger partial charge in [-0.3, -0.25) is 0 Å². The predicted molar refractivity (Wildman–Crippen MR) is 64.1 cm³/mol. The molecule has 0 unspecified atom stereocenters. The Labute approximate surface area is 92.0 Å². The fourth-order valence-electron chi connectivity index (χ4n) is 1.24. The first-order valence-electron chi connectivity index (χ1n) is 5.19. The van der Waals surface area contributed by atoms with Gasteiger partial charge in [0.15, 0.2) is 0 Å². The molecule has 0 aliphatic rings. The predicted octanol–water partition coefficient (Wildman–Crippen LogP) is 2.75. The van der Waals surface area contributed by atoms with Crippen LogP contribution in [0.2, 0.25) is 0 Å². The summed E-state index contributed by atoms with van der Waals surface area (Å²) >= 11 is 0. The highest BCUT2D eigenvalue weighted by Gasteiger charge is 1.92. The van der Waals surface area contributed by atoms with Crippen molar-refractivity contribution in [2.75, 3.05) is 13.7 Å². The van der Waals surface area contributed by atoms with Gasteiger partial charge in [0.1, 0.15) is 5.75 Å². The Morgan fingerprint density at radius 2 is 1.93 bits per heavy atom. The lowest BCUT2D eigenvalue weighted by atomic mass is 10.2. The highest BCUT2D eigenvalue weighted by molar-refractivity contribution is 5.27. The van der Waals surface area contributed by atoms with E-state index in [-0.39, 0.29) is 0 Å². The molecule has 0 aromatic heterocycles. The van der Waals surface area contributed by atoms with E-state index in [4.69, 9.17) is 4.74 Å². The van der Waals surface area contributed by atoms with E-state index in [9.17, 15) is 0 Å². The van der Waals surface area contributed by atoms with Crippen molar-refractivity contribution in [3.05, 3.63) is 41.5 Å². The summed E-state index contributed by atoms with van der Waals surface area (Å²) < 4.78 is 5.10. The fourth-order valence-corrected chi connectivity index (χ4v) is 1.24. The van der Waals surface area contributed by atoms with E-state index in [2.05, 4.69) is 37.4 Å². The molecule has 0 aliphatic heterocycles. The van der Waals surface area contributed by atoms with Crippen molar-refractivity contribution >= 4 is 0 Å². The molecule has 15 heavy (non-hydrogen) atoms. The number of methoxy groups -OCH3 is 1. The van der Waals surface area contributed by atoms with E-state index in [0.717, 1.165) is 18.8 Å². The van der Waals surface area contributed by atoms with Gasteiger partial charge in [-0.1, -0.05) is 23.8 Å². The average molecular weight is 205 g/mol. The number of allylic oxidation sites excluding steroid dienone is 1. The van der Waals surface area contributed by atoms with Gasteiger partial charge >= 0.3 is 0 Å². The molecule has 0 spiro atoms. The zero-order valence-corrected chi connectivity index (χ0v) is 9.71. The van der Waals surface area contributed by atoms with Crippen LogP contribution in [0.1, 0.15) is 19.4 Å². The summed E-state index contributed by atoms with van der Waals surface area (Å²) in [5, 5.41) is 3.35. The maximum atomic E-state index is 5.10.